The Morgan fingerprint density at radius 2 is 1.83 bits per heavy atom. The molecule has 23 heavy (non-hydrogen) atoms. The molecule has 0 atom stereocenters. The highest BCUT2D eigenvalue weighted by Gasteiger charge is 2.09. The number of rotatable bonds is 3. The Labute approximate surface area is 139 Å². The number of ether oxygens (including phenoxy) is 1. The van der Waals surface area contributed by atoms with E-state index in [1.807, 2.05) is 48.0 Å². The topological polar surface area (TPSA) is 27.1 Å². The van der Waals surface area contributed by atoms with Gasteiger partial charge in [0.25, 0.3) is 0 Å². The molecule has 114 valence electrons. The van der Waals surface area contributed by atoms with Crippen molar-refractivity contribution in [2.75, 3.05) is 0 Å². The molecule has 0 saturated heterocycles. The van der Waals surface area contributed by atoms with Crippen molar-refractivity contribution in [3.8, 4) is 5.75 Å². The molecule has 0 amide bonds. The summed E-state index contributed by atoms with van der Waals surface area (Å²) in [6.45, 7) is 0.418. The second-order valence-electron chi connectivity index (χ2n) is 5.52. The Kier molecular flexibility index (Phi) is 3.43. The third kappa shape index (κ3) is 2.64. The first kappa shape index (κ1) is 14.1. The number of imidazole rings is 1. The van der Waals surface area contributed by atoms with Crippen LogP contribution in [0.1, 0.15) is 5.82 Å². The molecule has 4 heteroatoms. The number of halogens is 1. The van der Waals surface area contributed by atoms with Crippen molar-refractivity contribution < 1.29 is 4.74 Å². The molecule has 0 fully saturated rings. The van der Waals surface area contributed by atoms with Crippen molar-refractivity contribution in [1.29, 1.82) is 0 Å². The van der Waals surface area contributed by atoms with Crippen molar-refractivity contribution in [2.24, 2.45) is 7.05 Å². The summed E-state index contributed by atoms with van der Waals surface area (Å²) in [5.41, 5.74) is 1.93. The maximum Gasteiger partial charge on any atom is 0.147 e. The first-order valence-electron chi connectivity index (χ1n) is 7.43. The molecule has 3 nitrogen and oxygen atoms in total. The quantitative estimate of drug-likeness (QED) is 0.533. The fraction of sp³-hybridized carbons (Fsp3) is 0.105. The number of aryl methyl sites for hydroxylation is 1. The molecule has 0 N–H and O–H groups in total. The summed E-state index contributed by atoms with van der Waals surface area (Å²) in [5.74, 6) is 1.71. The van der Waals surface area contributed by atoms with Crippen LogP contribution < -0.4 is 4.74 Å². The number of benzene rings is 3. The molecule has 1 aromatic heterocycles. The Morgan fingerprint density at radius 3 is 2.70 bits per heavy atom. The molecule has 0 aliphatic rings. The van der Waals surface area contributed by atoms with Gasteiger partial charge in [-0.05, 0) is 41.1 Å². The minimum absolute atomic E-state index is 0.418. The van der Waals surface area contributed by atoms with E-state index in [4.69, 9.17) is 16.3 Å². The zero-order chi connectivity index (χ0) is 15.8. The van der Waals surface area contributed by atoms with Crippen molar-refractivity contribution in [3.05, 3.63) is 71.5 Å². The average molecular weight is 323 g/mol. The van der Waals surface area contributed by atoms with Gasteiger partial charge in [0.1, 0.15) is 18.2 Å². The maximum absolute atomic E-state index is 6.03. The van der Waals surface area contributed by atoms with Crippen LogP contribution in [0.15, 0.2) is 60.7 Å². The van der Waals surface area contributed by atoms with Crippen LogP contribution in [0.2, 0.25) is 5.02 Å². The molecule has 1 heterocycles. The fourth-order valence-electron chi connectivity index (χ4n) is 2.76. The summed E-state index contributed by atoms with van der Waals surface area (Å²) >= 11 is 6.03. The first-order valence-corrected chi connectivity index (χ1v) is 7.81. The van der Waals surface area contributed by atoms with E-state index in [-0.39, 0.29) is 0 Å². The van der Waals surface area contributed by atoms with Gasteiger partial charge in [-0.25, -0.2) is 4.98 Å². The highest BCUT2D eigenvalue weighted by atomic mass is 35.5. The summed E-state index contributed by atoms with van der Waals surface area (Å²) < 4.78 is 7.96. The second kappa shape index (κ2) is 5.60. The van der Waals surface area contributed by atoms with E-state index in [2.05, 4.69) is 29.2 Å². The van der Waals surface area contributed by atoms with Crippen LogP contribution in [0.5, 0.6) is 5.75 Å². The van der Waals surface area contributed by atoms with Crippen molar-refractivity contribution >= 4 is 33.4 Å². The Bertz CT molecular complexity index is 1010. The predicted octanol–water partition coefficient (Wildman–Crippen LogP) is 4.96. The minimum atomic E-state index is 0.418. The monoisotopic (exact) mass is 322 g/mol. The van der Waals surface area contributed by atoms with Gasteiger partial charge in [-0.15, -0.1) is 0 Å². The van der Waals surface area contributed by atoms with Crippen molar-refractivity contribution in [2.45, 2.75) is 6.61 Å². The smallest absolute Gasteiger partial charge is 0.147 e. The van der Waals surface area contributed by atoms with Crippen molar-refractivity contribution in [1.82, 2.24) is 9.55 Å². The summed E-state index contributed by atoms with van der Waals surface area (Å²) in [4.78, 5) is 4.60. The molecule has 4 aromatic rings. The van der Waals surface area contributed by atoms with Crippen LogP contribution >= 0.6 is 11.6 Å². The van der Waals surface area contributed by atoms with Gasteiger partial charge in [0, 0.05) is 12.1 Å². The molecule has 0 radical (unpaired) electrons. The van der Waals surface area contributed by atoms with Crippen molar-refractivity contribution in [3.63, 3.8) is 0 Å². The lowest BCUT2D eigenvalue weighted by Crippen LogP contribution is -2.03. The SMILES string of the molecule is Cn1c(COc2ccc3ccccc3c2)nc2cc(Cl)ccc21. The van der Waals surface area contributed by atoms with Gasteiger partial charge in [0.2, 0.25) is 0 Å². The lowest BCUT2D eigenvalue weighted by Gasteiger charge is -2.07. The summed E-state index contributed by atoms with van der Waals surface area (Å²) in [6, 6.07) is 20.1. The molecule has 4 rings (SSSR count). The van der Waals surface area contributed by atoms with Gasteiger partial charge < -0.3 is 9.30 Å². The lowest BCUT2D eigenvalue weighted by atomic mass is 10.1. The number of fused-ring (bicyclic) bond motifs is 2. The van der Waals surface area contributed by atoms with Gasteiger partial charge >= 0.3 is 0 Å². The third-order valence-corrected chi connectivity index (χ3v) is 4.26. The largest absolute Gasteiger partial charge is 0.486 e. The van der Waals surface area contributed by atoms with E-state index >= 15 is 0 Å². The van der Waals surface area contributed by atoms with Gasteiger partial charge in [-0.1, -0.05) is 41.9 Å². The van der Waals surface area contributed by atoms with Crippen LogP contribution in [0.4, 0.5) is 0 Å². The zero-order valence-corrected chi connectivity index (χ0v) is 13.4. The highest BCUT2D eigenvalue weighted by Crippen LogP contribution is 2.23. The number of aromatic nitrogens is 2. The van der Waals surface area contributed by atoms with E-state index in [9.17, 15) is 0 Å². The van der Waals surface area contributed by atoms with Crippen LogP contribution in [0, 0.1) is 0 Å². The van der Waals surface area contributed by atoms with E-state index in [0.29, 0.717) is 11.6 Å². The van der Waals surface area contributed by atoms with E-state index in [1.165, 1.54) is 10.8 Å². The van der Waals surface area contributed by atoms with Crippen LogP contribution in [0.3, 0.4) is 0 Å². The normalized spacial score (nSPS) is 11.2. The first-order chi connectivity index (χ1) is 11.2. The third-order valence-electron chi connectivity index (χ3n) is 4.02. The highest BCUT2D eigenvalue weighted by molar-refractivity contribution is 6.31. The standard InChI is InChI=1S/C19H15ClN2O/c1-22-18-9-7-15(20)11-17(18)21-19(22)12-23-16-8-6-13-4-2-3-5-14(13)10-16/h2-11H,12H2,1H3. The molecule has 3 aromatic carbocycles. The minimum Gasteiger partial charge on any atom is -0.486 e. The molecular weight excluding hydrogens is 308 g/mol. The number of nitrogens with zero attached hydrogens (tertiary/aromatic N) is 2. The molecule has 0 unspecified atom stereocenters. The van der Waals surface area contributed by atoms with Gasteiger partial charge in [0.15, 0.2) is 0 Å². The number of hydrogen-bond donors (Lipinski definition) is 0. The maximum atomic E-state index is 6.03. The van der Waals surface area contributed by atoms with Gasteiger partial charge in [0.05, 0.1) is 11.0 Å². The fourth-order valence-corrected chi connectivity index (χ4v) is 2.92. The Morgan fingerprint density at radius 1 is 1.00 bits per heavy atom. The molecule has 0 aliphatic carbocycles. The molecule has 0 bridgehead atoms. The van der Waals surface area contributed by atoms with E-state index < -0.39 is 0 Å². The van der Waals surface area contributed by atoms with E-state index in [0.717, 1.165) is 22.6 Å². The summed E-state index contributed by atoms with van der Waals surface area (Å²) in [5, 5.41) is 3.07. The molecule has 0 aliphatic heterocycles. The van der Waals surface area contributed by atoms with Crippen LogP contribution in [-0.2, 0) is 13.7 Å². The summed E-state index contributed by atoms with van der Waals surface area (Å²) in [6.07, 6.45) is 0. The zero-order valence-electron chi connectivity index (χ0n) is 12.7. The Hall–Kier alpha value is -2.52. The Balaban J connectivity index is 1.61. The second-order valence-corrected chi connectivity index (χ2v) is 5.95. The van der Waals surface area contributed by atoms with E-state index in [1.54, 1.807) is 0 Å². The number of hydrogen-bond acceptors (Lipinski definition) is 2. The molecule has 0 spiro atoms. The average Bonchev–Trinajstić information content (AvgIpc) is 2.88. The van der Waals surface area contributed by atoms with Gasteiger partial charge in [-0.2, -0.15) is 0 Å². The predicted molar refractivity (Wildman–Crippen MR) is 94.0 cm³/mol. The molecular formula is C19H15ClN2O. The molecule has 0 saturated carbocycles. The van der Waals surface area contributed by atoms with Crippen LogP contribution in [0.25, 0.3) is 21.8 Å². The van der Waals surface area contributed by atoms with Crippen LogP contribution in [-0.4, -0.2) is 9.55 Å². The lowest BCUT2D eigenvalue weighted by molar-refractivity contribution is 0.293. The van der Waals surface area contributed by atoms with Gasteiger partial charge in [-0.3, -0.25) is 0 Å². The summed E-state index contributed by atoms with van der Waals surface area (Å²) in [7, 11) is 1.99.